The van der Waals surface area contributed by atoms with Crippen molar-refractivity contribution in [1.82, 2.24) is 0 Å². The zero-order chi connectivity index (χ0) is 16.7. The number of aliphatic hydroxyl groups is 1. The first kappa shape index (κ1) is 15.7. The molecule has 4 aliphatic carbocycles. The van der Waals surface area contributed by atoms with Crippen molar-refractivity contribution in [3.63, 3.8) is 0 Å². The fourth-order valence-electron chi connectivity index (χ4n) is 7.61. The summed E-state index contributed by atoms with van der Waals surface area (Å²) in [5.41, 5.74) is 0.128. The molecule has 0 aromatic heterocycles. The molecule has 3 nitrogen and oxygen atoms in total. The lowest BCUT2D eigenvalue weighted by Crippen LogP contribution is -2.59. The molecule has 3 heteroatoms. The van der Waals surface area contributed by atoms with Crippen molar-refractivity contribution in [2.24, 2.45) is 28.1 Å². The summed E-state index contributed by atoms with van der Waals surface area (Å²) in [5.74, 6) is 0.219. The van der Waals surface area contributed by atoms with Crippen molar-refractivity contribution >= 4 is 5.97 Å². The normalized spacial score (nSPS) is 55.2. The summed E-state index contributed by atoms with van der Waals surface area (Å²) in [6.45, 7) is 8.55. The monoisotopic (exact) mass is 318 g/mol. The molecule has 0 aliphatic heterocycles. The predicted octanol–water partition coefficient (Wildman–Crippen LogP) is 4.16. The molecule has 0 amide bonds. The van der Waals surface area contributed by atoms with Crippen molar-refractivity contribution in [1.29, 1.82) is 0 Å². The van der Waals surface area contributed by atoms with Crippen LogP contribution in [0.25, 0.3) is 0 Å². The number of aliphatic carboxylic acids is 1. The summed E-state index contributed by atoms with van der Waals surface area (Å²) >= 11 is 0. The third-order valence-electron chi connectivity index (χ3n) is 8.65. The Labute approximate surface area is 139 Å². The second-order valence-corrected chi connectivity index (χ2v) is 9.62. The van der Waals surface area contributed by atoms with Crippen LogP contribution < -0.4 is 0 Å². The van der Waals surface area contributed by atoms with Crippen molar-refractivity contribution in [3.05, 3.63) is 12.2 Å². The van der Waals surface area contributed by atoms with Crippen LogP contribution in [-0.2, 0) is 4.79 Å². The van der Waals surface area contributed by atoms with Gasteiger partial charge in [-0.1, -0.05) is 19.9 Å². The first-order valence-electron chi connectivity index (χ1n) is 9.30. The lowest BCUT2D eigenvalue weighted by Gasteiger charge is -2.63. The van der Waals surface area contributed by atoms with Crippen LogP contribution in [0.2, 0.25) is 0 Å². The average Bonchev–Trinajstić information content (AvgIpc) is 2.63. The van der Waals surface area contributed by atoms with Gasteiger partial charge >= 0.3 is 5.97 Å². The number of carbonyl (C=O) groups is 1. The minimum atomic E-state index is -0.634. The minimum Gasteiger partial charge on any atom is -0.481 e. The number of hydrogen-bond acceptors (Lipinski definition) is 2. The van der Waals surface area contributed by atoms with Crippen LogP contribution in [0.5, 0.6) is 0 Å². The molecule has 4 aliphatic rings. The van der Waals surface area contributed by atoms with Gasteiger partial charge in [0, 0.05) is 0 Å². The smallest absolute Gasteiger partial charge is 0.309 e. The van der Waals surface area contributed by atoms with Gasteiger partial charge < -0.3 is 10.2 Å². The second-order valence-electron chi connectivity index (χ2n) is 9.62. The SMILES string of the molecule is C=C1C[C@]23CC[C@H]4C(C)(C(=O)O)CCC[C@]4(C)[C@H]2CC[C@]1(O)C3. The summed E-state index contributed by atoms with van der Waals surface area (Å²) in [6, 6.07) is 0. The Kier molecular flexibility index (Phi) is 3.01. The Balaban J connectivity index is 1.76. The Morgan fingerprint density at radius 1 is 1.13 bits per heavy atom. The van der Waals surface area contributed by atoms with Crippen LogP contribution in [0.15, 0.2) is 12.2 Å². The van der Waals surface area contributed by atoms with E-state index in [1.165, 1.54) is 0 Å². The van der Waals surface area contributed by atoms with E-state index in [9.17, 15) is 15.0 Å². The van der Waals surface area contributed by atoms with Crippen molar-refractivity contribution < 1.29 is 15.0 Å². The molecule has 0 saturated heterocycles. The summed E-state index contributed by atoms with van der Waals surface area (Å²) in [7, 11) is 0. The van der Waals surface area contributed by atoms with E-state index >= 15 is 0 Å². The van der Waals surface area contributed by atoms with Gasteiger partial charge in [0.05, 0.1) is 11.0 Å². The number of hydrogen-bond donors (Lipinski definition) is 2. The van der Waals surface area contributed by atoms with Gasteiger partial charge in [-0.05, 0) is 86.5 Å². The standard InChI is InChI=1S/C20H30O3/c1-13-11-19-9-5-14-17(2,7-4-8-18(14,3)16(21)22)15(19)6-10-20(13,23)12-19/h14-15,23H,1,4-12H2,2-3H3,(H,21,22)/t14-,15-,17+,18?,19+,20+/m1/s1. The van der Waals surface area contributed by atoms with Crippen LogP contribution in [0.4, 0.5) is 0 Å². The maximum atomic E-state index is 12.0. The molecule has 128 valence electrons. The number of carboxylic acids is 1. The van der Waals surface area contributed by atoms with Crippen molar-refractivity contribution in [2.45, 2.75) is 77.2 Å². The topological polar surface area (TPSA) is 57.5 Å². The predicted molar refractivity (Wildman–Crippen MR) is 88.9 cm³/mol. The highest BCUT2D eigenvalue weighted by molar-refractivity contribution is 5.75. The molecule has 2 bridgehead atoms. The molecule has 4 fully saturated rings. The first-order chi connectivity index (χ1) is 10.7. The maximum Gasteiger partial charge on any atom is 0.309 e. The molecule has 1 unspecified atom stereocenters. The lowest BCUT2D eigenvalue weighted by atomic mass is 9.41. The van der Waals surface area contributed by atoms with Gasteiger partial charge in [0.25, 0.3) is 0 Å². The summed E-state index contributed by atoms with van der Waals surface area (Å²) in [5, 5.41) is 20.8. The fraction of sp³-hybridized carbons (Fsp3) is 0.850. The zero-order valence-electron chi connectivity index (χ0n) is 14.5. The van der Waals surface area contributed by atoms with E-state index in [1.807, 2.05) is 6.92 Å². The van der Waals surface area contributed by atoms with Gasteiger partial charge in [-0.2, -0.15) is 0 Å². The number of fused-ring (bicyclic) bond motifs is 3. The van der Waals surface area contributed by atoms with E-state index in [0.29, 0.717) is 5.92 Å². The van der Waals surface area contributed by atoms with Crippen LogP contribution in [0.1, 0.15) is 71.6 Å². The highest BCUT2D eigenvalue weighted by atomic mass is 16.4. The molecule has 0 aromatic rings. The largest absolute Gasteiger partial charge is 0.481 e. The van der Waals surface area contributed by atoms with Gasteiger partial charge in [-0.3, -0.25) is 4.79 Å². The van der Waals surface area contributed by atoms with Crippen molar-refractivity contribution in [2.75, 3.05) is 0 Å². The Morgan fingerprint density at radius 3 is 2.52 bits per heavy atom. The van der Waals surface area contributed by atoms with Gasteiger partial charge in [-0.15, -0.1) is 0 Å². The molecule has 23 heavy (non-hydrogen) atoms. The summed E-state index contributed by atoms with van der Waals surface area (Å²) < 4.78 is 0. The van der Waals surface area contributed by atoms with Gasteiger partial charge in [0.1, 0.15) is 0 Å². The molecule has 0 aromatic carbocycles. The lowest BCUT2D eigenvalue weighted by molar-refractivity contribution is -0.186. The highest BCUT2D eigenvalue weighted by Crippen LogP contribution is 2.72. The first-order valence-corrected chi connectivity index (χ1v) is 9.30. The molecular formula is C20H30O3. The second kappa shape index (κ2) is 4.41. The Bertz CT molecular complexity index is 583. The minimum absolute atomic E-state index is 0.107. The van der Waals surface area contributed by atoms with Gasteiger partial charge in [0.15, 0.2) is 0 Å². The van der Waals surface area contributed by atoms with Crippen LogP contribution >= 0.6 is 0 Å². The molecule has 2 N–H and O–H groups in total. The quantitative estimate of drug-likeness (QED) is 0.714. The maximum absolute atomic E-state index is 12.0. The van der Waals surface area contributed by atoms with E-state index < -0.39 is 17.0 Å². The van der Waals surface area contributed by atoms with Crippen molar-refractivity contribution in [3.8, 4) is 0 Å². The molecule has 6 atom stereocenters. The average molecular weight is 318 g/mol. The van der Waals surface area contributed by atoms with Crippen LogP contribution in [0.3, 0.4) is 0 Å². The fourth-order valence-corrected chi connectivity index (χ4v) is 7.61. The summed E-state index contributed by atoms with van der Waals surface area (Å²) in [6.07, 6.45) is 8.75. The van der Waals surface area contributed by atoms with E-state index in [0.717, 1.165) is 63.4 Å². The summed E-state index contributed by atoms with van der Waals surface area (Å²) in [4.78, 5) is 12.0. The molecular weight excluding hydrogens is 288 g/mol. The Morgan fingerprint density at radius 2 is 1.83 bits per heavy atom. The third kappa shape index (κ3) is 1.78. The van der Waals surface area contributed by atoms with Gasteiger partial charge in [-0.25, -0.2) is 0 Å². The van der Waals surface area contributed by atoms with E-state index in [2.05, 4.69) is 13.5 Å². The molecule has 4 saturated carbocycles. The van der Waals surface area contributed by atoms with E-state index in [-0.39, 0.29) is 16.7 Å². The number of carboxylic acid groups (broad SMARTS) is 1. The van der Waals surface area contributed by atoms with E-state index in [4.69, 9.17) is 0 Å². The molecule has 1 spiro atoms. The number of rotatable bonds is 1. The highest BCUT2D eigenvalue weighted by Gasteiger charge is 2.67. The Hall–Kier alpha value is -0.830. The van der Waals surface area contributed by atoms with E-state index in [1.54, 1.807) is 0 Å². The van der Waals surface area contributed by atoms with Gasteiger partial charge in [0.2, 0.25) is 0 Å². The van der Waals surface area contributed by atoms with Crippen LogP contribution in [0, 0.1) is 28.1 Å². The molecule has 0 radical (unpaired) electrons. The third-order valence-corrected chi connectivity index (χ3v) is 8.65. The zero-order valence-corrected chi connectivity index (χ0v) is 14.5. The molecule has 4 rings (SSSR count). The van der Waals surface area contributed by atoms with Crippen LogP contribution in [-0.4, -0.2) is 21.8 Å². The molecule has 0 heterocycles.